The SMILES string of the molecule is CN(S)CO. The molecule has 0 heterocycles. The largest absolute Gasteiger partial charge is 0.380 e. The van der Waals surface area contributed by atoms with Crippen LogP contribution in [0.15, 0.2) is 0 Å². The van der Waals surface area contributed by atoms with Crippen LogP contribution in [-0.4, -0.2) is 23.2 Å². The Hall–Kier alpha value is 0.270. The molecule has 0 amide bonds. The first-order chi connectivity index (χ1) is 2.27. The van der Waals surface area contributed by atoms with Crippen LogP contribution in [0, 0.1) is 0 Å². The van der Waals surface area contributed by atoms with Crippen molar-refractivity contribution in [1.82, 2.24) is 4.31 Å². The summed E-state index contributed by atoms with van der Waals surface area (Å²) >= 11 is 3.68. The average Bonchev–Trinajstić information content (AvgIpc) is 1.38. The highest BCUT2D eigenvalue weighted by Gasteiger charge is 1.74. The summed E-state index contributed by atoms with van der Waals surface area (Å²) in [5.41, 5.74) is 0. The zero-order valence-electron chi connectivity index (χ0n) is 3.05. The summed E-state index contributed by atoms with van der Waals surface area (Å²) in [5.74, 6) is 0. The summed E-state index contributed by atoms with van der Waals surface area (Å²) in [6.45, 7) is 0.00309. The Labute approximate surface area is 36.9 Å². The van der Waals surface area contributed by atoms with Gasteiger partial charge in [0, 0.05) is 0 Å². The Morgan fingerprint density at radius 2 is 2.20 bits per heavy atom. The van der Waals surface area contributed by atoms with E-state index in [2.05, 4.69) is 12.8 Å². The van der Waals surface area contributed by atoms with Gasteiger partial charge in [-0.05, 0) is 7.05 Å². The van der Waals surface area contributed by atoms with Crippen molar-refractivity contribution < 1.29 is 5.11 Å². The Bertz CT molecular complexity index is 23.6. The van der Waals surface area contributed by atoms with Crippen LogP contribution in [-0.2, 0) is 0 Å². The van der Waals surface area contributed by atoms with E-state index in [-0.39, 0.29) is 6.73 Å². The van der Waals surface area contributed by atoms with Gasteiger partial charge in [0.05, 0.1) is 0 Å². The first-order valence-corrected chi connectivity index (χ1v) is 1.68. The minimum atomic E-state index is 0.00309. The molecule has 0 radical (unpaired) electrons. The predicted octanol–water partition coefficient (Wildman–Crippen LogP) is -0.287. The Kier molecular flexibility index (Phi) is 2.64. The third kappa shape index (κ3) is 4.27. The average molecular weight is 93.2 g/mol. The number of aliphatic hydroxyl groups is 1. The molecule has 0 aliphatic carbocycles. The summed E-state index contributed by atoms with van der Waals surface area (Å²) in [7, 11) is 1.67. The molecule has 5 heavy (non-hydrogen) atoms. The van der Waals surface area contributed by atoms with Gasteiger partial charge in [-0.1, -0.05) is 12.8 Å². The lowest BCUT2D eigenvalue weighted by Gasteiger charge is -1.97. The van der Waals surface area contributed by atoms with Gasteiger partial charge in [-0.25, -0.2) is 4.31 Å². The molecular formula is C2H7NOS. The van der Waals surface area contributed by atoms with Crippen LogP contribution in [0.4, 0.5) is 0 Å². The van der Waals surface area contributed by atoms with E-state index >= 15 is 0 Å². The van der Waals surface area contributed by atoms with Crippen LogP contribution in [0.3, 0.4) is 0 Å². The van der Waals surface area contributed by atoms with E-state index in [1.165, 1.54) is 4.31 Å². The van der Waals surface area contributed by atoms with E-state index in [1.54, 1.807) is 7.05 Å². The minimum Gasteiger partial charge on any atom is -0.380 e. The summed E-state index contributed by atoms with van der Waals surface area (Å²) in [6.07, 6.45) is 0. The third-order valence-electron chi connectivity index (χ3n) is 0.205. The van der Waals surface area contributed by atoms with Gasteiger partial charge in [-0.3, -0.25) is 0 Å². The number of rotatable bonds is 1. The van der Waals surface area contributed by atoms with Crippen molar-refractivity contribution in [2.75, 3.05) is 13.8 Å². The van der Waals surface area contributed by atoms with Gasteiger partial charge in [0.25, 0.3) is 0 Å². The second-order valence-corrected chi connectivity index (χ2v) is 1.48. The molecule has 2 nitrogen and oxygen atoms in total. The maximum atomic E-state index is 7.99. The van der Waals surface area contributed by atoms with Crippen LogP contribution >= 0.6 is 12.8 Å². The summed E-state index contributed by atoms with van der Waals surface area (Å²) in [5, 5.41) is 7.99. The Balaban J connectivity index is 2.54. The van der Waals surface area contributed by atoms with E-state index in [0.717, 1.165) is 0 Å². The maximum absolute atomic E-state index is 7.99. The molecule has 0 bridgehead atoms. The molecule has 0 spiro atoms. The highest BCUT2D eigenvalue weighted by molar-refractivity contribution is 7.77. The van der Waals surface area contributed by atoms with Gasteiger partial charge < -0.3 is 5.11 Å². The first kappa shape index (κ1) is 5.27. The molecule has 0 unspecified atom stereocenters. The van der Waals surface area contributed by atoms with E-state index in [4.69, 9.17) is 5.11 Å². The van der Waals surface area contributed by atoms with Crippen LogP contribution in [0.2, 0.25) is 0 Å². The molecule has 0 aliphatic heterocycles. The van der Waals surface area contributed by atoms with Crippen LogP contribution in [0.25, 0.3) is 0 Å². The van der Waals surface area contributed by atoms with Gasteiger partial charge in [-0.15, -0.1) is 0 Å². The number of thiol groups is 1. The molecular weight excluding hydrogens is 86.1 g/mol. The molecule has 0 aromatic rings. The van der Waals surface area contributed by atoms with Gasteiger partial charge in [0.15, 0.2) is 0 Å². The van der Waals surface area contributed by atoms with Crippen molar-refractivity contribution in [3.63, 3.8) is 0 Å². The van der Waals surface area contributed by atoms with Crippen molar-refractivity contribution in [2.24, 2.45) is 0 Å². The summed E-state index contributed by atoms with van der Waals surface area (Å²) in [4.78, 5) is 0. The van der Waals surface area contributed by atoms with Crippen molar-refractivity contribution in [2.45, 2.75) is 0 Å². The first-order valence-electron chi connectivity index (χ1n) is 1.28. The molecule has 0 aromatic carbocycles. The Morgan fingerprint density at radius 3 is 2.20 bits per heavy atom. The van der Waals surface area contributed by atoms with Crippen molar-refractivity contribution in [1.29, 1.82) is 0 Å². The molecule has 3 heteroatoms. The topological polar surface area (TPSA) is 23.5 Å². The smallest absolute Gasteiger partial charge is 0.104 e. The van der Waals surface area contributed by atoms with E-state index in [0.29, 0.717) is 0 Å². The highest BCUT2D eigenvalue weighted by Crippen LogP contribution is 1.76. The fraction of sp³-hybridized carbons (Fsp3) is 1.00. The second-order valence-electron chi connectivity index (χ2n) is 0.799. The van der Waals surface area contributed by atoms with Crippen molar-refractivity contribution in [3.05, 3.63) is 0 Å². The second kappa shape index (κ2) is 2.50. The normalized spacial score (nSPS) is 9.60. The molecule has 32 valence electrons. The lowest BCUT2D eigenvalue weighted by atomic mass is 11.2. The van der Waals surface area contributed by atoms with E-state index < -0.39 is 0 Å². The molecule has 0 saturated carbocycles. The molecule has 0 fully saturated rings. The van der Waals surface area contributed by atoms with Crippen LogP contribution < -0.4 is 0 Å². The van der Waals surface area contributed by atoms with Crippen molar-refractivity contribution >= 4 is 12.8 Å². The zero-order chi connectivity index (χ0) is 4.28. The van der Waals surface area contributed by atoms with Crippen molar-refractivity contribution in [3.8, 4) is 0 Å². The van der Waals surface area contributed by atoms with E-state index in [9.17, 15) is 0 Å². The van der Waals surface area contributed by atoms with Gasteiger partial charge in [-0.2, -0.15) is 0 Å². The fourth-order valence-electron chi connectivity index (χ4n) is 0. The fourth-order valence-corrected chi connectivity index (χ4v) is 0. The summed E-state index contributed by atoms with van der Waals surface area (Å²) in [6, 6.07) is 0. The predicted molar refractivity (Wildman–Crippen MR) is 23.8 cm³/mol. The monoisotopic (exact) mass is 93.0 g/mol. The molecule has 0 aliphatic rings. The lowest BCUT2D eigenvalue weighted by molar-refractivity contribution is 0.212. The van der Waals surface area contributed by atoms with Gasteiger partial charge >= 0.3 is 0 Å². The lowest BCUT2D eigenvalue weighted by Crippen LogP contribution is -2.03. The molecule has 0 atom stereocenters. The minimum absolute atomic E-state index is 0.00309. The summed E-state index contributed by atoms with van der Waals surface area (Å²) < 4.78 is 1.38. The quantitative estimate of drug-likeness (QED) is 0.344. The van der Waals surface area contributed by atoms with Gasteiger partial charge in [0.1, 0.15) is 6.73 Å². The molecule has 0 rings (SSSR count). The Morgan fingerprint density at radius 1 is 2.00 bits per heavy atom. The van der Waals surface area contributed by atoms with E-state index in [1.807, 2.05) is 0 Å². The number of nitrogens with zero attached hydrogens (tertiary/aromatic N) is 1. The highest BCUT2D eigenvalue weighted by atomic mass is 32.1. The maximum Gasteiger partial charge on any atom is 0.104 e. The molecule has 1 N–H and O–H groups in total. The van der Waals surface area contributed by atoms with Crippen LogP contribution in [0.5, 0.6) is 0 Å². The standard InChI is InChI=1S/C2H7NOS/c1-3(5)2-4/h4-5H,2H2,1H3. The number of hydrogen-bond acceptors (Lipinski definition) is 3. The number of hydrogen-bond donors (Lipinski definition) is 2. The molecule has 0 saturated heterocycles. The van der Waals surface area contributed by atoms with Crippen LogP contribution in [0.1, 0.15) is 0 Å². The van der Waals surface area contributed by atoms with Gasteiger partial charge in [0.2, 0.25) is 0 Å². The number of aliphatic hydroxyl groups excluding tert-OH is 1. The molecule has 0 aromatic heterocycles. The zero-order valence-corrected chi connectivity index (χ0v) is 3.94. The third-order valence-corrected chi connectivity index (χ3v) is 0.331.